The summed E-state index contributed by atoms with van der Waals surface area (Å²) < 4.78 is 5.04. The van der Waals surface area contributed by atoms with E-state index in [1.165, 1.54) is 7.11 Å². The van der Waals surface area contributed by atoms with Gasteiger partial charge in [-0.1, -0.05) is 0 Å². The second-order valence-electron chi connectivity index (χ2n) is 3.75. The number of nitrogens with zero attached hydrogens (tertiary/aromatic N) is 1. The fraction of sp³-hybridized carbons (Fsp3) is 0.364. The van der Waals surface area contributed by atoms with E-state index in [1.807, 2.05) is 0 Å². The van der Waals surface area contributed by atoms with E-state index in [0.717, 1.165) is 0 Å². The largest absolute Gasteiger partial charge is 0.495 e. The topological polar surface area (TPSA) is 75.6 Å². The van der Waals surface area contributed by atoms with Crippen LogP contribution in [0.4, 0.5) is 5.69 Å². The molecule has 3 N–H and O–H groups in total. The highest BCUT2D eigenvalue weighted by atomic mass is 16.5. The van der Waals surface area contributed by atoms with E-state index in [-0.39, 0.29) is 18.6 Å². The monoisotopic (exact) mass is 222 g/mol. The van der Waals surface area contributed by atoms with E-state index in [2.05, 4.69) is 0 Å². The van der Waals surface area contributed by atoms with Gasteiger partial charge in [-0.3, -0.25) is 4.79 Å². The van der Waals surface area contributed by atoms with E-state index < -0.39 is 0 Å². The van der Waals surface area contributed by atoms with Gasteiger partial charge >= 0.3 is 0 Å². The van der Waals surface area contributed by atoms with Crippen LogP contribution in [-0.4, -0.2) is 42.2 Å². The Hall–Kier alpha value is -1.75. The van der Waals surface area contributed by atoms with Crippen molar-refractivity contribution in [3.8, 4) is 5.75 Å². The first-order chi connectivity index (χ1) is 7.67. The molecule has 0 bridgehead atoms. The lowest BCUT2D eigenvalue weighted by Crippen LogP contribution is -2.15. The summed E-state index contributed by atoms with van der Waals surface area (Å²) in [5.41, 5.74) is 6.69. The van der Waals surface area contributed by atoms with E-state index in [9.17, 15) is 4.79 Å². The SMILES string of the molecule is COc1cc(C(=O)N2CC2CO)ccc1N. The van der Waals surface area contributed by atoms with Crippen LogP contribution in [0.2, 0.25) is 0 Å². The van der Waals surface area contributed by atoms with Gasteiger partial charge in [0.1, 0.15) is 5.75 Å². The number of carbonyl (C=O) groups is 1. The van der Waals surface area contributed by atoms with Crippen LogP contribution in [0.3, 0.4) is 0 Å². The number of carbonyl (C=O) groups excluding carboxylic acids is 1. The first-order valence-electron chi connectivity index (χ1n) is 5.02. The second-order valence-corrected chi connectivity index (χ2v) is 3.75. The Morgan fingerprint density at radius 1 is 1.69 bits per heavy atom. The van der Waals surface area contributed by atoms with Crippen molar-refractivity contribution in [3.05, 3.63) is 23.8 Å². The van der Waals surface area contributed by atoms with Gasteiger partial charge in [0.05, 0.1) is 25.4 Å². The highest BCUT2D eigenvalue weighted by Crippen LogP contribution is 2.26. The number of ether oxygens (including phenoxy) is 1. The fourth-order valence-corrected chi connectivity index (χ4v) is 1.59. The number of amides is 1. The Morgan fingerprint density at radius 2 is 2.44 bits per heavy atom. The molecule has 0 spiro atoms. The Bertz CT molecular complexity index is 420. The lowest BCUT2D eigenvalue weighted by molar-refractivity contribution is 0.0862. The summed E-state index contributed by atoms with van der Waals surface area (Å²) in [6.45, 7) is 0.625. The molecule has 1 aliphatic rings. The molecule has 0 aromatic heterocycles. The number of nitrogen functional groups attached to an aromatic ring is 1. The first-order valence-corrected chi connectivity index (χ1v) is 5.02. The summed E-state index contributed by atoms with van der Waals surface area (Å²) in [4.78, 5) is 13.5. The van der Waals surface area contributed by atoms with Crippen molar-refractivity contribution in [1.82, 2.24) is 4.90 Å². The Balaban J connectivity index is 2.18. The fourth-order valence-electron chi connectivity index (χ4n) is 1.59. The van der Waals surface area contributed by atoms with Gasteiger partial charge in [0.25, 0.3) is 5.91 Å². The zero-order valence-corrected chi connectivity index (χ0v) is 9.01. The number of methoxy groups -OCH3 is 1. The van der Waals surface area contributed by atoms with Crippen LogP contribution in [0.1, 0.15) is 10.4 Å². The molecule has 1 unspecified atom stereocenters. The van der Waals surface area contributed by atoms with Crippen molar-refractivity contribution < 1.29 is 14.6 Å². The quantitative estimate of drug-likeness (QED) is 0.561. The van der Waals surface area contributed by atoms with Crippen LogP contribution in [0.15, 0.2) is 18.2 Å². The smallest absolute Gasteiger partial charge is 0.254 e. The van der Waals surface area contributed by atoms with E-state index in [1.54, 1.807) is 23.1 Å². The molecule has 5 heteroatoms. The number of hydrogen-bond donors (Lipinski definition) is 2. The molecule has 0 saturated carbocycles. The molecular weight excluding hydrogens is 208 g/mol. The number of aliphatic hydroxyl groups excluding tert-OH is 1. The summed E-state index contributed by atoms with van der Waals surface area (Å²) in [6.07, 6.45) is 0. The van der Waals surface area contributed by atoms with Crippen molar-refractivity contribution in [2.75, 3.05) is 26.0 Å². The normalized spacial score (nSPS) is 18.4. The molecule has 1 saturated heterocycles. The summed E-state index contributed by atoms with van der Waals surface area (Å²) in [6, 6.07) is 4.89. The van der Waals surface area contributed by atoms with Gasteiger partial charge in [0.2, 0.25) is 0 Å². The average molecular weight is 222 g/mol. The minimum atomic E-state index is -0.0997. The maximum atomic E-state index is 11.9. The molecule has 16 heavy (non-hydrogen) atoms. The highest BCUT2D eigenvalue weighted by molar-refractivity contribution is 5.97. The van der Waals surface area contributed by atoms with Crippen LogP contribution in [0.25, 0.3) is 0 Å². The van der Waals surface area contributed by atoms with Crippen molar-refractivity contribution >= 4 is 11.6 Å². The highest BCUT2D eigenvalue weighted by Gasteiger charge is 2.38. The molecule has 0 radical (unpaired) electrons. The van der Waals surface area contributed by atoms with Gasteiger partial charge in [-0.05, 0) is 18.2 Å². The van der Waals surface area contributed by atoms with Gasteiger partial charge < -0.3 is 20.5 Å². The maximum Gasteiger partial charge on any atom is 0.254 e. The molecule has 1 aliphatic heterocycles. The second kappa shape index (κ2) is 4.02. The van der Waals surface area contributed by atoms with Crippen molar-refractivity contribution in [1.29, 1.82) is 0 Å². The zero-order chi connectivity index (χ0) is 11.7. The molecule has 1 amide bonds. The third-order valence-electron chi connectivity index (χ3n) is 2.67. The molecule has 1 heterocycles. The lowest BCUT2D eigenvalue weighted by Gasteiger charge is -2.07. The molecule has 2 rings (SSSR count). The maximum absolute atomic E-state index is 11.9. The van der Waals surface area contributed by atoms with Gasteiger partial charge in [0, 0.05) is 12.1 Å². The molecule has 86 valence electrons. The summed E-state index contributed by atoms with van der Waals surface area (Å²) >= 11 is 0. The van der Waals surface area contributed by atoms with E-state index in [0.29, 0.717) is 23.5 Å². The predicted octanol–water partition coefficient (Wildman–Crippen LogP) is 0.0941. The minimum Gasteiger partial charge on any atom is -0.495 e. The minimum absolute atomic E-state index is 0.0118. The molecule has 5 nitrogen and oxygen atoms in total. The first kappa shape index (κ1) is 10.8. The van der Waals surface area contributed by atoms with Gasteiger partial charge in [-0.15, -0.1) is 0 Å². The third-order valence-corrected chi connectivity index (χ3v) is 2.67. The van der Waals surface area contributed by atoms with E-state index in [4.69, 9.17) is 15.6 Å². The number of rotatable bonds is 3. The summed E-state index contributed by atoms with van der Waals surface area (Å²) in [5, 5.41) is 8.88. The molecule has 1 aromatic rings. The number of nitrogens with two attached hydrogens (primary N) is 1. The van der Waals surface area contributed by atoms with Gasteiger partial charge in [-0.2, -0.15) is 0 Å². The molecule has 1 atom stereocenters. The summed E-state index contributed by atoms with van der Waals surface area (Å²) in [7, 11) is 1.51. The van der Waals surface area contributed by atoms with Crippen molar-refractivity contribution in [3.63, 3.8) is 0 Å². The van der Waals surface area contributed by atoms with Crippen molar-refractivity contribution in [2.45, 2.75) is 6.04 Å². The van der Waals surface area contributed by atoms with Gasteiger partial charge in [-0.25, -0.2) is 0 Å². The van der Waals surface area contributed by atoms with Crippen LogP contribution in [-0.2, 0) is 0 Å². The number of aliphatic hydroxyl groups is 1. The Morgan fingerprint density at radius 3 is 3.00 bits per heavy atom. The third kappa shape index (κ3) is 1.81. The van der Waals surface area contributed by atoms with Crippen LogP contribution in [0.5, 0.6) is 5.75 Å². The zero-order valence-electron chi connectivity index (χ0n) is 9.01. The number of hydrogen-bond acceptors (Lipinski definition) is 4. The molecule has 0 aliphatic carbocycles. The average Bonchev–Trinajstić information content (AvgIpc) is 3.08. The standard InChI is InChI=1S/C11H14N2O3/c1-16-10-4-7(2-3-9(10)12)11(15)13-5-8(13)6-14/h2-4,8,14H,5-6,12H2,1H3. The lowest BCUT2D eigenvalue weighted by atomic mass is 10.2. The van der Waals surface area contributed by atoms with Crippen LogP contribution < -0.4 is 10.5 Å². The van der Waals surface area contributed by atoms with Crippen molar-refractivity contribution in [2.24, 2.45) is 0 Å². The van der Waals surface area contributed by atoms with Gasteiger partial charge in [0.15, 0.2) is 0 Å². The molecule has 1 aromatic carbocycles. The number of anilines is 1. The number of benzene rings is 1. The Labute approximate surface area is 93.4 Å². The predicted molar refractivity (Wildman–Crippen MR) is 59.3 cm³/mol. The molecule has 1 fully saturated rings. The van der Waals surface area contributed by atoms with Crippen LogP contribution >= 0.6 is 0 Å². The van der Waals surface area contributed by atoms with Crippen LogP contribution in [0, 0.1) is 0 Å². The van der Waals surface area contributed by atoms with E-state index >= 15 is 0 Å². The Kier molecular flexibility index (Phi) is 2.70. The summed E-state index contributed by atoms with van der Waals surface area (Å²) in [5.74, 6) is 0.394. The molecular formula is C11H14N2O3.